The molecular formula is C18H20Cl2FN3O2S. The molecule has 0 bridgehead atoms. The number of thiophene rings is 1. The number of rotatable bonds is 6. The van der Waals surface area contributed by atoms with E-state index in [-0.39, 0.29) is 34.9 Å². The Morgan fingerprint density at radius 1 is 1.33 bits per heavy atom. The van der Waals surface area contributed by atoms with E-state index in [0.29, 0.717) is 22.3 Å². The molecule has 0 saturated heterocycles. The Balaban J connectivity index is 0.00000261. The van der Waals surface area contributed by atoms with Crippen molar-refractivity contribution in [2.75, 3.05) is 11.9 Å². The summed E-state index contributed by atoms with van der Waals surface area (Å²) in [6, 6.07) is 5.29. The number of halogens is 3. The second-order valence-electron chi connectivity index (χ2n) is 6.35. The SMILES string of the molecule is Cc1cc(NC(=O)c2ccc(F)cc2Cl)sc1C(=O)NC(CN)C1CC1.Cl. The maximum Gasteiger partial charge on any atom is 0.261 e. The molecule has 2 amide bonds. The van der Waals surface area contributed by atoms with Crippen LogP contribution in [0.15, 0.2) is 24.3 Å². The first-order chi connectivity index (χ1) is 12.4. The molecular weight excluding hydrogens is 412 g/mol. The lowest BCUT2D eigenvalue weighted by molar-refractivity contribution is 0.0936. The molecule has 3 rings (SSSR count). The summed E-state index contributed by atoms with van der Waals surface area (Å²) in [6.07, 6.45) is 2.18. The molecule has 1 aliphatic carbocycles. The minimum absolute atomic E-state index is 0. The summed E-state index contributed by atoms with van der Waals surface area (Å²) >= 11 is 7.10. The summed E-state index contributed by atoms with van der Waals surface area (Å²) in [5.41, 5.74) is 6.66. The van der Waals surface area contributed by atoms with Crippen LogP contribution in [0.25, 0.3) is 0 Å². The summed E-state index contributed by atoms with van der Waals surface area (Å²) in [4.78, 5) is 25.4. The number of aryl methyl sites for hydroxylation is 1. The molecule has 0 aliphatic heterocycles. The first kappa shape index (κ1) is 21.6. The molecule has 5 nitrogen and oxygen atoms in total. The summed E-state index contributed by atoms with van der Waals surface area (Å²) in [7, 11) is 0. The average molecular weight is 432 g/mol. The maximum absolute atomic E-state index is 13.1. The van der Waals surface area contributed by atoms with Crippen molar-refractivity contribution in [1.82, 2.24) is 5.32 Å². The van der Waals surface area contributed by atoms with E-state index in [1.807, 2.05) is 0 Å². The van der Waals surface area contributed by atoms with Gasteiger partial charge in [0.15, 0.2) is 0 Å². The molecule has 0 spiro atoms. The second kappa shape index (κ2) is 9.01. The van der Waals surface area contributed by atoms with Crippen LogP contribution in [0, 0.1) is 18.7 Å². The lowest BCUT2D eigenvalue weighted by atomic mass is 10.2. The molecule has 0 radical (unpaired) electrons. The Bertz CT molecular complexity index is 855. The van der Waals surface area contributed by atoms with Gasteiger partial charge in [0.1, 0.15) is 5.82 Å². The number of anilines is 1. The van der Waals surface area contributed by atoms with Crippen molar-refractivity contribution in [3.8, 4) is 0 Å². The molecule has 1 unspecified atom stereocenters. The number of hydrogen-bond acceptors (Lipinski definition) is 4. The van der Waals surface area contributed by atoms with Crippen LogP contribution >= 0.6 is 35.3 Å². The van der Waals surface area contributed by atoms with Crippen molar-refractivity contribution in [1.29, 1.82) is 0 Å². The average Bonchev–Trinajstić information content (AvgIpc) is 3.35. The van der Waals surface area contributed by atoms with E-state index in [1.165, 1.54) is 23.5 Å². The van der Waals surface area contributed by atoms with Crippen LogP contribution in [0.4, 0.5) is 9.39 Å². The van der Waals surface area contributed by atoms with Gasteiger partial charge in [0.05, 0.1) is 20.5 Å². The van der Waals surface area contributed by atoms with Gasteiger partial charge in [-0.05, 0) is 55.5 Å². The molecule has 4 N–H and O–H groups in total. The molecule has 1 aromatic heterocycles. The maximum atomic E-state index is 13.1. The van der Waals surface area contributed by atoms with Crippen LogP contribution in [0.3, 0.4) is 0 Å². The summed E-state index contributed by atoms with van der Waals surface area (Å²) in [5, 5.41) is 6.23. The zero-order valence-electron chi connectivity index (χ0n) is 14.6. The second-order valence-corrected chi connectivity index (χ2v) is 7.81. The van der Waals surface area contributed by atoms with Crippen LogP contribution in [0.5, 0.6) is 0 Å². The quantitative estimate of drug-likeness (QED) is 0.646. The summed E-state index contributed by atoms with van der Waals surface area (Å²) in [5.74, 6) is -0.692. The molecule has 1 atom stereocenters. The molecule has 1 aromatic carbocycles. The van der Waals surface area contributed by atoms with Crippen molar-refractivity contribution < 1.29 is 14.0 Å². The van der Waals surface area contributed by atoms with E-state index >= 15 is 0 Å². The van der Waals surface area contributed by atoms with Crippen molar-refractivity contribution in [3.05, 3.63) is 51.1 Å². The van der Waals surface area contributed by atoms with Crippen molar-refractivity contribution in [2.45, 2.75) is 25.8 Å². The third kappa shape index (κ3) is 5.19. The number of hydrogen-bond donors (Lipinski definition) is 3. The lowest BCUT2D eigenvalue weighted by Crippen LogP contribution is -2.41. The fourth-order valence-electron chi connectivity index (χ4n) is 2.72. The normalized spacial score (nSPS) is 14.2. The van der Waals surface area contributed by atoms with Gasteiger partial charge in [-0.25, -0.2) is 4.39 Å². The fraction of sp³-hybridized carbons (Fsp3) is 0.333. The minimum atomic E-state index is -0.511. The van der Waals surface area contributed by atoms with Crippen LogP contribution in [-0.4, -0.2) is 24.4 Å². The molecule has 27 heavy (non-hydrogen) atoms. The number of nitrogens with one attached hydrogen (secondary N) is 2. The van der Waals surface area contributed by atoms with Gasteiger partial charge in [-0.15, -0.1) is 23.7 Å². The van der Waals surface area contributed by atoms with Gasteiger partial charge in [-0.3, -0.25) is 9.59 Å². The van der Waals surface area contributed by atoms with Crippen molar-refractivity contribution in [2.24, 2.45) is 11.7 Å². The van der Waals surface area contributed by atoms with Gasteiger partial charge < -0.3 is 16.4 Å². The molecule has 1 aliphatic rings. The third-order valence-electron chi connectivity index (χ3n) is 4.30. The lowest BCUT2D eigenvalue weighted by Gasteiger charge is -2.15. The molecule has 9 heteroatoms. The highest BCUT2D eigenvalue weighted by Crippen LogP contribution is 2.33. The predicted molar refractivity (Wildman–Crippen MR) is 109 cm³/mol. The predicted octanol–water partition coefficient (Wildman–Crippen LogP) is 3.99. The zero-order valence-corrected chi connectivity index (χ0v) is 16.9. The Morgan fingerprint density at radius 2 is 2.04 bits per heavy atom. The molecule has 1 fully saturated rings. The topological polar surface area (TPSA) is 84.2 Å². The Hall–Kier alpha value is -1.67. The molecule has 1 saturated carbocycles. The van der Waals surface area contributed by atoms with E-state index in [0.717, 1.165) is 24.5 Å². The Labute approximate surface area is 171 Å². The molecule has 1 heterocycles. The van der Waals surface area contributed by atoms with Crippen molar-refractivity contribution >= 4 is 52.2 Å². The molecule has 146 valence electrons. The van der Waals surface area contributed by atoms with Gasteiger partial charge in [0, 0.05) is 12.6 Å². The first-order valence-corrected chi connectivity index (χ1v) is 9.46. The largest absolute Gasteiger partial charge is 0.347 e. The Kier molecular flexibility index (Phi) is 7.22. The number of nitrogens with two attached hydrogens (primary N) is 1. The number of amides is 2. The first-order valence-electron chi connectivity index (χ1n) is 8.26. The third-order valence-corrected chi connectivity index (χ3v) is 5.76. The summed E-state index contributed by atoms with van der Waals surface area (Å²) < 4.78 is 13.1. The van der Waals surface area contributed by atoms with E-state index in [4.69, 9.17) is 17.3 Å². The van der Waals surface area contributed by atoms with E-state index in [1.54, 1.807) is 13.0 Å². The zero-order chi connectivity index (χ0) is 18.8. The smallest absolute Gasteiger partial charge is 0.261 e. The Morgan fingerprint density at radius 3 is 2.63 bits per heavy atom. The van der Waals surface area contributed by atoms with Crippen molar-refractivity contribution in [3.63, 3.8) is 0 Å². The summed E-state index contributed by atoms with van der Waals surface area (Å²) in [6.45, 7) is 2.22. The van der Waals surface area contributed by atoms with Gasteiger partial charge >= 0.3 is 0 Å². The van der Waals surface area contributed by atoms with Gasteiger partial charge in [-0.2, -0.15) is 0 Å². The number of carbonyl (C=O) groups is 2. The monoisotopic (exact) mass is 431 g/mol. The van der Waals surface area contributed by atoms with Crippen LogP contribution in [0.2, 0.25) is 5.02 Å². The van der Waals surface area contributed by atoms with Gasteiger partial charge in [-0.1, -0.05) is 11.6 Å². The van der Waals surface area contributed by atoms with E-state index < -0.39 is 11.7 Å². The number of benzene rings is 1. The van der Waals surface area contributed by atoms with Crippen LogP contribution in [-0.2, 0) is 0 Å². The minimum Gasteiger partial charge on any atom is -0.347 e. The van der Waals surface area contributed by atoms with Gasteiger partial charge in [0.2, 0.25) is 0 Å². The van der Waals surface area contributed by atoms with Gasteiger partial charge in [0.25, 0.3) is 11.8 Å². The number of carbonyl (C=O) groups excluding carboxylic acids is 2. The van der Waals surface area contributed by atoms with Crippen LogP contribution < -0.4 is 16.4 Å². The molecule has 2 aromatic rings. The van der Waals surface area contributed by atoms with E-state index in [9.17, 15) is 14.0 Å². The highest BCUT2D eigenvalue weighted by atomic mass is 35.5. The fourth-order valence-corrected chi connectivity index (χ4v) is 3.95. The highest BCUT2D eigenvalue weighted by Gasteiger charge is 2.32. The van der Waals surface area contributed by atoms with E-state index in [2.05, 4.69) is 10.6 Å². The standard InChI is InChI=1S/C18H19ClFN3O2S.ClH/c1-9-6-15(23-17(24)12-5-4-11(20)7-13(12)19)26-16(9)18(25)22-14(8-21)10-2-3-10;/h4-7,10,14H,2-3,8,21H2,1H3,(H,22,25)(H,23,24);1H. The highest BCUT2D eigenvalue weighted by molar-refractivity contribution is 7.18. The van der Waals surface area contributed by atoms with Crippen LogP contribution in [0.1, 0.15) is 38.4 Å².